The fraction of sp³-hybridized carbons (Fsp3) is 0.500. The first kappa shape index (κ1) is 15.7. The largest absolute Gasteiger partial charge is 0.409 e. The SMILES string of the molecule is CS(=N)(=O)CCNC(=O)CNc1nonc1/C(N)=N/O. The number of amides is 1. The van der Waals surface area contributed by atoms with Gasteiger partial charge in [0.05, 0.1) is 6.54 Å². The van der Waals surface area contributed by atoms with Gasteiger partial charge in [0.15, 0.2) is 11.5 Å². The van der Waals surface area contributed by atoms with Crippen molar-refractivity contribution in [3.63, 3.8) is 0 Å². The van der Waals surface area contributed by atoms with Gasteiger partial charge in [-0.3, -0.25) is 13.8 Å². The average molecular weight is 305 g/mol. The Morgan fingerprint density at radius 3 is 2.90 bits per heavy atom. The van der Waals surface area contributed by atoms with Crippen LogP contribution in [0.3, 0.4) is 0 Å². The molecule has 1 aromatic rings. The lowest BCUT2D eigenvalue weighted by Crippen LogP contribution is -2.33. The lowest BCUT2D eigenvalue weighted by molar-refractivity contribution is -0.119. The van der Waals surface area contributed by atoms with Crippen molar-refractivity contribution in [2.75, 3.05) is 30.4 Å². The van der Waals surface area contributed by atoms with Crippen LogP contribution in [0, 0.1) is 4.78 Å². The number of nitrogens with zero attached hydrogens (tertiary/aromatic N) is 3. The molecule has 1 aromatic heterocycles. The summed E-state index contributed by atoms with van der Waals surface area (Å²) >= 11 is 0. The zero-order chi connectivity index (χ0) is 15.2. The van der Waals surface area contributed by atoms with Gasteiger partial charge in [-0.05, 0) is 10.3 Å². The summed E-state index contributed by atoms with van der Waals surface area (Å²) in [6.45, 7) is -0.0354. The number of carbonyl (C=O) groups excluding carboxylic acids is 1. The molecule has 6 N–H and O–H groups in total. The van der Waals surface area contributed by atoms with Crippen LogP contribution in [0.1, 0.15) is 5.69 Å². The third-order valence-corrected chi connectivity index (χ3v) is 3.05. The molecule has 1 amide bonds. The third kappa shape index (κ3) is 5.09. The second kappa shape index (κ2) is 6.70. The minimum Gasteiger partial charge on any atom is -0.409 e. The Morgan fingerprint density at radius 1 is 1.60 bits per heavy atom. The Bertz CT molecular complexity index is 594. The van der Waals surface area contributed by atoms with E-state index < -0.39 is 15.6 Å². The molecule has 0 radical (unpaired) electrons. The van der Waals surface area contributed by atoms with E-state index in [2.05, 4.69) is 30.7 Å². The van der Waals surface area contributed by atoms with Gasteiger partial charge in [-0.2, -0.15) is 0 Å². The monoisotopic (exact) mass is 305 g/mol. The van der Waals surface area contributed by atoms with Crippen LogP contribution < -0.4 is 16.4 Å². The van der Waals surface area contributed by atoms with Crippen LogP contribution in [-0.4, -0.2) is 56.6 Å². The number of amidine groups is 1. The van der Waals surface area contributed by atoms with E-state index in [1.54, 1.807) is 0 Å². The molecule has 0 fully saturated rings. The van der Waals surface area contributed by atoms with E-state index in [1.807, 2.05) is 0 Å². The summed E-state index contributed by atoms with van der Waals surface area (Å²) in [5.74, 6) is -0.592. The van der Waals surface area contributed by atoms with E-state index in [4.69, 9.17) is 15.7 Å². The highest BCUT2D eigenvalue weighted by Crippen LogP contribution is 2.07. The Labute approximate surface area is 114 Å². The van der Waals surface area contributed by atoms with Crippen molar-refractivity contribution in [2.45, 2.75) is 0 Å². The van der Waals surface area contributed by atoms with Crippen LogP contribution in [0.15, 0.2) is 9.78 Å². The molecule has 0 aliphatic carbocycles. The van der Waals surface area contributed by atoms with Gasteiger partial charge in [0.2, 0.25) is 11.7 Å². The Hall–Kier alpha value is -2.37. The van der Waals surface area contributed by atoms with E-state index in [0.717, 1.165) is 0 Å². The van der Waals surface area contributed by atoms with Gasteiger partial charge in [-0.15, -0.1) is 0 Å². The maximum absolute atomic E-state index is 11.5. The van der Waals surface area contributed by atoms with Crippen LogP contribution in [-0.2, 0) is 14.5 Å². The number of nitrogens with two attached hydrogens (primary N) is 1. The molecule has 0 bridgehead atoms. The van der Waals surface area contributed by atoms with Crippen LogP contribution in [0.5, 0.6) is 0 Å². The molecule has 1 rings (SSSR count). The Balaban J connectivity index is 2.44. The summed E-state index contributed by atoms with van der Waals surface area (Å²) < 4.78 is 22.6. The normalized spacial score (nSPS) is 14.6. The number of rotatable bonds is 7. The van der Waals surface area contributed by atoms with Crippen LogP contribution in [0.4, 0.5) is 5.82 Å². The van der Waals surface area contributed by atoms with Gasteiger partial charge >= 0.3 is 0 Å². The van der Waals surface area contributed by atoms with E-state index in [-0.39, 0.29) is 36.2 Å². The zero-order valence-corrected chi connectivity index (χ0v) is 11.4. The summed E-state index contributed by atoms with van der Waals surface area (Å²) in [6.07, 6.45) is 1.29. The van der Waals surface area contributed by atoms with E-state index >= 15 is 0 Å². The fourth-order valence-electron chi connectivity index (χ4n) is 1.13. The highest BCUT2D eigenvalue weighted by atomic mass is 32.2. The second-order valence-electron chi connectivity index (χ2n) is 3.86. The number of hydrogen-bond donors (Lipinski definition) is 5. The first-order chi connectivity index (χ1) is 9.33. The van der Waals surface area contributed by atoms with Gasteiger partial charge in [0, 0.05) is 28.3 Å². The summed E-state index contributed by atoms with van der Waals surface area (Å²) in [7, 11) is -2.63. The van der Waals surface area contributed by atoms with Crippen LogP contribution in [0.2, 0.25) is 0 Å². The Kier molecular flexibility index (Phi) is 5.25. The lowest BCUT2D eigenvalue weighted by atomic mass is 10.4. The predicted molar refractivity (Wildman–Crippen MR) is 70.0 cm³/mol. The minimum absolute atomic E-state index is 0.0250. The molecule has 1 atom stereocenters. The van der Waals surface area contributed by atoms with E-state index in [0.29, 0.717) is 0 Å². The molecule has 0 saturated carbocycles. The number of hydrogen-bond acceptors (Lipinski definition) is 9. The summed E-state index contributed by atoms with van der Waals surface area (Å²) in [4.78, 5) is 11.5. The molecule has 11 nitrogen and oxygen atoms in total. The van der Waals surface area contributed by atoms with Crippen LogP contribution >= 0.6 is 0 Å². The maximum atomic E-state index is 11.5. The smallest absolute Gasteiger partial charge is 0.239 e. The second-order valence-corrected chi connectivity index (χ2v) is 6.28. The van der Waals surface area contributed by atoms with Crippen LogP contribution in [0.25, 0.3) is 0 Å². The molecule has 0 aliphatic rings. The van der Waals surface area contributed by atoms with E-state index in [1.165, 1.54) is 6.26 Å². The lowest BCUT2D eigenvalue weighted by Gasteiger charge is -2.06. The molecule has 12 heteroatoms. The van der Waals surface area contributed by atoms with Gasteiger partial charge in [-0.25, -0.2) is 4.63 Å². The standard InChI is InChI=1S/C8H15N7O4S/c1-20(10,18)3-2-11-5(16)4-12-8-6(7(9)13-17)14-19-15-8/h10,17H,2-4H2,1H3,(H2,9,13)(H,11,16)(H,12,15). The number of oxime groups is 1. The van der Waals surface area contributed by atoms with Crippen molar-refractivity contribution in [3.8, 4) is 0 Å². The molecular formula is C8H15N7O4S. The molecular weight excluding hydrogens is 290 g/mol. The summed E-state index contributed by atoms with van der Waals surface area (Å²) in [6, 6.07) is 0. The zero-order valence-electron chi connectivity index (χ0n) is 10.6. The van der Waals surface area contributed by atoms with Crippen molar-refractivity contribution < 1.29 is 18.8 Å². The molecule has 20 heavy (non-hydrogen) atoms. The van der Waals surface area contributed by atoms with Gasteiger partial charge in [0.1, 0.15) is 0 Å². The molecule has 112 valence electrons. The van der Waals surface area contributed by atoms with Crippen molar-refractivity contribution in [3.05, 3.63) is 5.69 Å². The van der Waals surface area contributed by atoms with Gasteiger partial charge in [-0.1, -0.05) is 5.16 Å². The fourth-order valence-corrected chi connectivity index (χ4v) is 1.62. The third-order valence-electron chi connectivity index (χ3n) is 2.07. The van der Waals surface area contributed by atoms with Crippen molar-refractivity contribution in [2.24, 2.45) is 10.9 Å². The van der Waals surface area contributed by atoms with Gasteiger partial charge in [0.25, 0.3) is 0 Å². The summed E-state index contributed by atoms with van der Waals surface area (Å²) in [5, 5.41) is 23.1. The van der Waals surface area contributed by atoms with Gasteiger partial charge < -0.3 is 21.6 Å². The quantitative estimate of drug-likeness (QED) is 0.172. The minimum atomic E-state index is -2.63. The Morgan fingerprint density at radius 2 is 2.30 bits per heavy atom. The topological polar surface area (TPSA) is 180 Å². The number of nitrogens with one attached hydrogen (secondary N) is 3. The molecule has 1 unspecified atom stereocenters. The number of aromatic nitrogens is 2. The van der Waals surface area contributed by atoms with Crippen molar-refractivity contribution >= 4 is 27.3 Å². The highest BCUT2D eigenvalue weighted by molar-refractivity contribution is 7.91. The molecule has 1 heterocycles. The number of anilines is 1. The predicted octanol–water partition coefficient (Wildman–Crippen LogP) is -1.63. The average Bonchev–Trinajstić information content (AvgIpc) is 2.82. The highest BCUT2D eigenvalue weighted by Gasteiger charge is 2.15. The van der Waals surface area contributed by atoms with Crippen molar-refractivity contribution in [1.29, 1.82) is 4.78 Å². The first-order valence-electron chi connectivity index (χ1n) is 5.36. The molecule has 0 saturated heterocycles. The number of carbonyl (C=O) groups is 1. The molecule has 0 spiro atoms. The summed E-state index contributed by atoms with van der Waals surface area (Å²) in [5.41, 5.74) is 5.29. The molecule has 0 aliphatic heterocycles. The first-order valence-corrected chi connectivity index (χ1v) is 7.49. The van der Waals surface area contributed by atoms with E-state index in [9.17, 15) is 9.00 Å². The molecule has 0 aromatic carbocycles. The van der Waals surface area contributed by atoms with Crippen molar-refractivity contribution in [1.82, 2.24) is 15.6 Å². The maximum Gasteiger partial charge on any atom is 0.239 e.